The molecule has 1 unspecified atom stereocenters. The molecular formula is C17H25N3O4S. The molecule has 0 aliphatic carbocycles. The number of aliphatic carboxylic acids is 1. The molecule has 1 aliphatic rings. The van der Waals surface area contributed by atoms with Gasteiger partial charge in [0.25, 0.3) is 0 Å². The zero-order chi connectivity index (χ0) is 18.4. The first kappa shape index (κ1) is 19.4. The number of nitrogens with zero attached hydrogens (tertiary/aromatic N) is 2. The molecule has 25 heavy (non-hydrogen) atoms. The second-order valence-electron chi connectivity index (χ2n) is 6.63. The van der Waals surface area contributed by atoms with Gasteiger partial charge in [-0.15, -0.1) is 11.3 Å². The van der Waals surface area contributed by atoms with Crippen molar-refractivity contribution < 1.29 is 19.5 Å². The summed E-state index contributed by atoms with van der Waals surface area (Å²) in [6.07, 6.45) is 3.58. The summed E-state index contributed by atoms with van der Waals surface area (Å²) in [6, 6.07) is -0.00361. The molecule has 0 radical (unpaired) electrons. The summed E-state index contributed by atoms with van der Waals surface area (Å²) in [4.78, 5) is 41.2. The van der Waals surface area contributed by atoms with Gasteiger partial charge in [-0.25, -0.2) is 4.98 Å². The van der Waals surface area contributed by atoms with E-state index in [1.54, 1.807) is 24.1 Å². The number of carbonyl (C=O) groups is 3. The maximum absolute atomic E-state index is 12.6. The van der Waals surface area contributed by atoms with Crippen LogP contribution in [0.3, 0.4) is 0 Å². The Morgan fingerprint density at radius 3 is 2.84 bits per heavy atom. The van der Waals surface area contributed by atoms with Crippen molar-refractivity contribution in [2.45, 2.75) is 58.4 Å². The van der Waals surface area contributed by atoms with Crippen molar-refractivity contribution in [3.8, 4) is 0 Å². The third-order valence-corrected chi connectivity index (χ3v) is 5.08. The lowest BCUT2D eigenvalue weighted by Gasteiger charge is -2.35. The normalized spacial score (nSPS) is 17.6. The van der Waals surface area contributed by atoms with Crippen molar-refractivity contribution in [2.24, 2.45) is 5.92 Å². The molecule has 2 amide bonds. The molecule has 8 heteroatoms. The summed E-state index contributed by atoms with van der Waals surface area (Å²) in [7, 11) is 0. The molecular weight excluding hydrogens is 342 g/mol. The fraction of sp³-hybridized carbons (Fsp3) is 0.647. The molecule has 1 aliphatic heterocycles. The highest BCUT2D eigenvalue weighted by Gasteiger charge is 2.27. The summed E-state index contributed by atoms with van der Waals surface area (Å²) < 4.78 is 0. The second-order valence-corrected chi connectivity index (χ2v) is 7.49. The Balaban J connectivity index is 1.94. The molecule has 138 valence electrons. The van der Waals surface area contributed by atoms with Crippen LogP contribution in [-0.4, -0.2) is 45.4 Å². The summed E-state index contributed by atoms with van der Waals surface area (Å²) in [5, 5.41) is 13.9. The molecule has 0 aromatic carbocycles. The minimum atomic E-state index is -0.831. The molecule has 2 heterocycles. The van der Waals surface area contributed by atoms with Crippen molar-refractivity contribution >= 4 is 34.3 Å². The smallest absolute Gasteiger partial charge is 0.303 e. The lowest BCUT2D eigenvalue weighted by atomic mass is 9.97. The van der Waals surface area contributed by atoms with Crippen molar-refractivity contribution in [3.05, 3.63) is 11.1 Å². The number of nitrogens with one attached hydrogen (secondary N) is 1. The van der Waals surface area contributed by atoms with Crippen LogP contribution in [0.1, 0.15) is 51.6 Å². The zero-order valence-electron chi connectivity index (χ0n) is 14.7. The van der Waals surface area contributed by atoms with E-state index < -0.39 is 5.97 Å². The largest absolute Gasteiger partial charge is 0.481 e. The fourth-order valence-electron chi connectivity index (χ4n) is 2.87. The average molecular weight is 367 g/mol. The molecule has 7 nitrogen and oxygen atoms in total. The molecule has 1 atom stereocenters. The first-order chi connectivity index (χ1) is 11.9. The Morgan fingerprint density at radius 2 is 2.16 bits per heavy atom. The van der Waals surface area contributed by atoms with Crippen LogP contribution in [0.2, 0.25) is 0 Å². The second kappa shape index (κ2) is 8.94. The van der Waals surface area contributed by atoms with Gasteiger partial charge >= 0.3 is 5.97 Å². The molecule has 0 spiro atoms. The van der Waals surface area contributed by atoms with E-state index in [0.717, 1.165) is 19.3 Å². The van der Waals surface area contributed by atoms with Crippen LogP contribution < -0.4 is 5.32 Å². The van der Waals surface area contributed by atoms with Gasteiger partial charge in [0.1, 0.15) is 0 Å². The highest BCUT2D eigenvalue weighted by atomic mass is 32.1. The van der Waals surface area contributed by atoms with Crippen LogP contribution in [0.5, 0.6) is 0 Å². The monoisotopic (exact) mass is 367 g/mol. The van der Waals surface area contributed by atoms with Gasteiger partial charge in [-0.2, -0.15) is 0 Å². The molecule has 0 bridgehead atoms. The van der Waals surface area contributed by atoms with Crippen molar-refractivity contribution in [3.63, 3.8) is 0 Å². The van der Waals surface area contributed by atoms with Gasteiger partial charge in [-0.05, 0) is 25.7 Å². The standard InChI is InChI=1S/C17H25N3O4S/c1-11(2)16(24)19-17-18-12(10-25-17)9-14(21)20-8-4-3-5-13(20)6-7-15(22)23/h10-11,13H,3-9H2,1-2H3,(H,22,23)(H,18,19,24). The first-order valence-electron chi connectivity index (χ1n) is 8.63. The molecule has 1 aromatic heterocycles. The van der Waals surface area contributed by atoms with E-state index in [-0.39, 0.29) is 36.6 Å². The maximum atomic E-state index is 12.6. The van der Waals surface area contributed by atoms with E-state index in [0.29, 0.717) is 23.8 Å². The number of carbonyl (C=O) groups excluding carboxylic acids is 2. The van der Waals surface area contributed by atoms with Gasteiger partial charge in [0.15, 0.2) is 5.13 Å². The van der Waals surface area contributed by atoms with E-state index in [4.69, 9.17) is 5.11 Å². The molecule has 1 fully saturated rings. The Morgan fingerprint density at radius 1 is 1.40 bits per heavy atom. The number of hydrogen-bond donors (Lipinski definition) is 2. The van der Waals surface area contributed by atoms with Crippen LogP contribution in [-0.2, 0) is 20.8 Å². The summed E-state index contributed by atoms with van der Waals surface area (Å²) in [5.74, 6) is -1.08. The highest BCUT2D eigenvalue weighted by molar-refractivity contribution is 7.13. The van der Waals surface area contributed by atoms with Crippen LogP contribution in [0.25, 0.3) is 0 Å². The van der Waals surface area contributed by atoms with Gasteiger partial charge in [0.05, 0.1) is 12.1 Å². The van der Waals surface area contributed by atoms with Crippen LogP contribution in [0.15, 0.2) is 5.38 Å². The number of piperidine rings is 1. The van der Waals surface area contributed by atoms with Gasteiger partial charge in [0, 0.05) is 30.3 Å². The van der Waals surface area contributed by atoms with Crippen LogP contribution >= 0.6 is 11.3 Å². The fourth-order valence-corrected chi connectivity index (χ4v) is 3.58. The Bertz CT molecular complexity index is 629. The van der Waals surface area contributed by atoms with Crippen LogP contribution in [0.4, 0.5) is 5.13 Å². The molecule has 1 saturated heterocycles. The topological polar surface area (TPSA) is 99.6 Å². The zero-order valence-corrected chi connectivity index (χ0v) is 15.5. The van der Waals surface area contributed by atoms with Crippen molar-refractivity contribution in [2.75, 3.05) is 11.9 Å². The van der Waals surface area contributed by atoms with E-state index in [9.17, 15) is 14.4 Å². The van der Waals surface area contributed by atoms with Gasteiger partial charge in [-0.1, -0.05) is 13.8 Å². The number of amides is 2. The minimum Gasteiger partial charge on any atom is -0.481 e. The van der Waals surface area contributed by atoms with Gasteiger partial charge < -0.3 is 15.3 Å². The summed E-state index contributed by atoms with van der Waals surface area (Å²) >= 11 is 1.31. The van der Waals surface area contributed by atoms with Crippen molar-refractivity contribution in [1.82, 2.24) is 9.88 Å². The lowest BCUT2D eigenvalue weighted by molar-refractivity contribution is -0.139. The average Bonchev–Trinajstić information content (AvgIpc) is 2.99. The Labute approximate surface area is 151 Å². The number of hydrogen-bond acceptors (Lipinski definition) is 5. The number of anilines is 1. The SMILES string of the molecule is CC(C)C(=O)Nc1nc(CC(=O)N2CCCCC2CCC(=O)O)cs1. The van der Waals surface area contributed by atoms with E-state index in [2.05, 4.69) is 10.3 Å². The first-order valence-corrected chi connectivity index (χ1v) is 9.51. The molecule has 2 rings (SSSR count). The molecule has 0 saturated carbocycles. The number of carboxylic acids is 1. The third-order valence-electron chi connectivity index (χ3n) is 4.28. The maximum Gasteiger partial charge on any atom is 0.303 e. The summed E-state index contributed by atoms with van der Waals surface area (Å²) in [6.45, 7) is 4.28. The van der Waals surface area contributed by atoms with Crippen LogP contribution in [0, 0.1) is 5.92 Å². The number of carboxylic acid groups (broad SMARTS) is 1. The molecule has 2 N–H and O–H groups in total. The Hall–Kier alpha value is -1.96. The number of rotatable bonds is 7. The number of likely N-dealkylation sites (tertiary alicyclic amines) is 1. The van der Waals surface area contributed by atoms with E-state index in [1.807, 2.05) is 0 Å². The van der Waals surface area contributed by atoms with Gasteiger partial charge in [-0.3, -0.25) is 14.4 Å². The van der Waals surface area contributed by atoms with E-state index >= 15 is 0 Å². The number of aromatic nitrogens is 1. The highest BCUT2D eigenvalue weighted by Crippen LogP contribution is 2.23. The van der Waals surface area contributed by atoms with Crippen molar-refractivity contribution in [1.29, 1.82) is 0 Å². The minimum absolute atomic E-state index is 0.00361. The molecule has 1 aromatic rings. The quantitative estimate of drug-likeness (QED) is 0.771. The number of thiazole rings is 1. The van der Waals surface area contributed by atoms with Gasteiger partial charge in [0.2, 0.25) is 11.8 Å². The predicted octanol–water partition coefficient (Wildman–Crippen LogP) is 2.53. The third kappa shape index (κ3) is 5.81. The van der Waals surface area contributed by atoms with E-state index in [1.165, 1.54) is 11.3 Å². The summed E-state index contributed by atoms with van der Waals surface area (Å²) in [5.41, 5.74) is 0.636. The lowest BCUT2D eigenvalue weighted by Crippen LogP contribution is -2.44. The predicted molar refractivity (Wildman–Crippen MR) is 95.5 cm³/mol. The Kier molecular flexibility index (Phi) is 6.92.